The minimum absolute atomic E-state index is 0.0350. The monoisotopic (exact) mass is 478 g/mol. The maximum absolute atomic E-state index is 12.6. The second-order valence-corrected chi connectivity index (χ2v) is 10.6. The van der Waals surface area contributed by atoms with Crippen molar-refractivity contribution in [3.63, 3.8) is 0 Å². The molecular formula is C22H26N2O6S2. The first kappa shape index (κ1) is 22.9. The fourth-order valence-corrected chi connectivity index (χ4v) is 5.94. The molecule has 32 heavy (non-hydrogen) atoms. The van der Waals surface area contributed by atoms with E-state index in [1.54, 1.807) is 16.2 Å². The molecule has 0 bridgehead atoms. The van der Waals surface area contributed by atoms with Gasteiger partial charge < -0.3 is 14.4 Å². The molecule has 1 aromatic carbocycles. The Morgan fingerprint density at radius 1 is 1.16 bits per heavy atom. The van der Waals surface area contributed by atoms with Gasteiger partial charge >= 0.3 is 5.97 Å². The number of carbonyl (C=O) groups is 2. The number of benzene rings is 1. The van der Waals surface area contributed by atoms with Crippen molar-refractivity contribution >= 4 is 33.2 Å². The number of amides is 1. The summed E-state index contributed by atoms with van der Waals surface area (Å²) in [5.41, 5.74) is 0.187. The van der Waals surface area contributed by atoms with Crippen molar-refractivity contribution in [1.82, 2.24) is 9.62 Å². The van der Waals surface area contributed by atoms with Gasteiger partial charge in [-0.15, -0.1) is 11.3 Å². The highest BCUT2D eigenvalue weighted by Crippen LogP contribution is 2.34. The van der Waals surface area contributed by atoms with Crippen molar-refractivity contribution in [3.8, 4) is 0 Å². The number of likely N-dealkylation sites (tertiary alicyclic amines) is 1. The number of nitrogens with zero attached hydrogens (tertiary/aromatic N) is 1. The number of thiophene rings is 1. The molecule has 0 spiro atoms. The Kier molecular flexibility index (Phi) is 7.24. The second kappa shape index (κ2) is 10.1. The van der Waals surface area contributed by atoms with E-state index < -0.39 is 16.0 Å². The lowest BCUT2D eigenvalue weighted by Crippen LogP contribution is -2.34. The molecule has 2 atom stereocenters. The van der Waals surface area contributed by atoms with Crippen molar-refractivity contribution in [2.75, 3.05) is 26.3 Å². The minimum atomic E-state index is -3.70. The number of esters is 1. The van der Waals surface area contributed by atoms with Crippen LogP contribution in [-0.4, -0.2) is 57.6 Å². The van der Waals surface area contributed by atoms with Crippen LogP contribution in [0.3, 0.4) is 0 Å². The van der Waals surface area contributed by atoms with Gasteiger partial charge in [0.2, 0.25) is 10.0 Å². The van der Waals surface area contributed by atoms with E-state index in [0.717, 1.165) is 30.6 Å². The predicted molar refractivity (Wildman–Crippen MR) is 119 cm³/mol. The number of rotatable bonds is 8. The number of hydrogen-bond donors (Lipinski definition) is 1. The number of ether oxygens (including phenoxy) is 2. The quantitative estimate of drug-likeness (QED) is 0.586. The molecule has 10 heteroatoms. The third-order valence-electron chi connectivity index (χ3n) is 5.70. The lowest BCUT2D eigenvalue weighted by Gasteiger charge is -2.23. The van der Waals surface area contributed by atoms with E-state index in [0.29, 0.717) is 13.2 Å². The highest BCUT2D eigenvalue weighted by molar-refractivity contribution is 7.89. The van der Waals surface area contributed by atoms with E-state index in [1.807, 2.05) is 17.5 Å². The molecule has 2 aromatic rings. The molecule has 2 saturated heterocycles. The average Bonchev–Trinajstić information content (AvgIpc) is 3.57. The number of nitrogens with one attached hydrogen (secondary N) is 1. The molecule has 2 aliphatic heterocycles. The standard InChI is InChI=1S/C22H26N2O6S2/c25-21(24-11-1-5-19(24)20-6-3-13-31-20)15-30-22(26)16-7-9-18(10-8-16)32(27,28)23-14-17-4-2-12-29-17/h3,6-10,13,17,19,23H,1-2,4-5,11-12,14-15H2. The number of hydrogen-bond acceptors (Lipinski definition) is 7. The van der Waals surface area contributed by atoms with Crippen LogP contribution >= 0.6 is 11.3 Å². The zero-order chi connectivity index (χ0) is 22.6. The molecule has 1 aromatic heterocycles. The Morgan fingerprint density at radius 2 is 1.97 bits per heavy atom. The fraction of sp³-hybridized carbons (Fsp3) is 0.455. The molecule has 3 heterocycles. The smallest absolute Gasteiger partial charge is 0.338 e. The van der Waals surface area contributed by atoms with E-state index in [1.165, 1.54) is 24.3 Å². The van der Waals surface area contributed by atoms with Gasteiger partial charge in [0.25, 0.3) is 5.91 Å². The van der Waals surface area contributed by atoms with Crippen LogP contribution in [0.2, 0.25) is 0 Å². The van der Waals surface area contributed by atoms with Crippen molar-refractivity contribution in [3.05, 3.63) is 52.2 Å². The van der Waals surface area contributed by atoms with Crippen LogP contribution in [0.25, 0.3) is 0 Å². The van der Waals surface area contributed by atoms with Crippen molar-refractivity contribution in [1.29, 1.82) is 0 Å². The summed E-state index contributed by atoms with van der Waals surface area (Å²) in [4.78, 5) is 27.9. The van der Waals surface area contributed by atoms with Gasteiger partial charge in [-0.2, -0.15) is 0 Å². The Bertz CT molecular complexity index is 1030. The Hall–Kier alpha value is -2.27. The van der Waals surface area contributed by atoms with Crippen LogP contribution in [-0.2, 0) is 24.3 Å². The first-order valence-corrected chi connectivity index (χ1v) is 13.0. The molecule has 2 fully saturated rings. The van der Waals surface area contributed by atoms with E-state index in [-0.39, 0.29) is 41.7 Å². The van der Waals surface area contributed by atoms with Crippen LogP contribution in [0.1, 0.15) is 47.0 Å². The molecule has 172 valence electrons. The van der Waals surface area contributed by atoms with Crippen LogP contribution in [0.4, 0.5) is 0 Å². The van der Waals surface area contributed by atoms with Gasteiger partial charge in [-0.25, -0.2) is 17.9 Å². The molecular weight excluding hydrogens is 452 g/mol. The highest BCUT2D eigenvalue weighted by atomic mass is 32.2. The third-order valence-corrected chi connectivity index (χ3v) is 8.11. The summed E-state index contributed by atoms with van der Waals surface area (Å²) in [6, 6.07) is 9.48. The zero-order valence-electron chi connectivity index (χ0n) is 17.6. The van der Waals surface area contributed by atoms with Crippen molar-refractivity contribution < 1.29 is 27.5 Å². The molecule has 2 unspecified atom stereocenters. The Balaban J connectivity index is 1.30. The van der Waals surface area contributed by atoms with Gasteiger partial charge in [-0.05, 0) is 61.4 Å². The molecule has 0 radical (unpaired) electrons. The maximum Gasteiger partial charge on any atom is 0.338 e. The molecule has 1 N–H and O–H groups in total. The minimum Gasteiger partial charge on any atom is -0.452 e. The summed E-state index contributed by atoms with van der Waals surface area (Å²) in [5, 5.41) is 1.98. The van der Waals surface area contributed by atoms with E-state index in [9.17, 15) is 18.0 Å². The van der Waals surface area contributed by atoms with E-state index >= 15 is 0 Å². The second-order valence-electron chi connectivity index (χ2n) is 7.85. The highest BCUT2D eigenvalue weighted by Gasteiger charge is 2.31. The maximum atomic E-state index is 12.6. The van der Waals surface area contributed by atoms with Gasteiger partial charge in [-0.1, -0.05) is 6.07 Å². The van der Waals surface area contributed by atoms with Gasteiger partial charge in [0.05, 0.1) is 22.6 Å². The van der Waals surface area contributed by atoms with Crippen LogP contribution in [0.5, 0.6) is 0 Å². The van der Waals surface area contributed by atoms with Gasteiger partial charge in [-0.3, -0.25) is 4.79 Å². The zero-order valence-corrected chi connectivity index (χ0v) is 19.2. The molecule has 0 saturated carbocycles. The SMILES string of the molecule is O=C(OCC(=O)N1CCCC1c1cccs1)c1ccc(S(=O)(=O)NCC2CCCO2)cc1. The summed E-state index contributed by atoms with van der Waals surface area (Å²) in [6.45, 7) is 1.17. The predicted octanol–water partition coefficient (Wildman–Crippen LogP) is 2.73. The number of sulfonamides is 1. The topological polar surface area (TPSA) is 102 Å². The van der Waals surface area contributed by atoms with Gasteiger partial charge in [0, 0.05) is 24.6 Å². The molecule has 0 aliphatic carbocycles. The Morgan fingerprint density at radius 3 is 2.66 bits per heavy atom. The first-order chi connectivity index (χ1) is 15.4. The summed E-state index contributed by atoms with van der Waals surface area (Å²) in [6.07, 6.45) is 3.47. The Labute approximate surface area is 191 Å². The van der Waals surface area contributed by atoms with E-state index in [2.05, 4.69) is 4.72 Å². The molecule has 1 amide bonds. The summed E-state index contributed by atoms with van der Waals surface area (Å²) in [7, 11) is -3.70. The van der Waals surface area contributed by atoms with Crippen LogP contribution in [0.15, 0.2) is 46.7 Å². The van der Waals surface area contributed by atoms with Crippen molar-refractivity contribution in [2.24, 2.45) is 0 Å². The van der Waals surface area contributed by atoms with Gasteiger partial charge in [0.15, 0.2) is 6.61 Å². The molecule has 8 nitrogen and oxygen atoms in total. The summed E-state index contributed by atoms with van der Waals surface area (Å²) >= 11 is 1.61. The van der Waals surface area contributed by atoms with Gasteiger partial charge in [0.1, 0.15) is 0 Å². The first-order valence-electron chi connectivity index (χ1n) is 10.7. The van der Waals surface area contributed by atoms with Crippen LogP contribution in [0, 0.1) is 0 Å². The summed E-state index contributed by atoms with van der Waals surface area (Å²) < 4.78 is 38.0. The van der Waals surface area contributed by atoms with Crippen LogP contribution < -0.4 is 4.72 Å². The third kappa shape index (κ3) is 5.37. The summed E-state index contributed by atoms with van der Waals surface area (Å²) in [5.74, 6) is -0.895. The van der Waals surface area contributed by atoms with E-state index in [4.69, 9.17) is 9.47 Å². The lowest BCUT2D eigenvalue weighted by atomic mass is 10.2. The molecule has 2 aliphatic rings. The molecule has 4 rings (SSSR count). The van der Waals surface area contributed by atoms with Crippen molar-refractivity contribution in [2.45, 2.75) is 42.7 Å². The fourth-order valence-electron chi connectivity index (χ4n) is 4.00. The normalized spacial score (nSPS) is 21.1. The number of carbonyl (C=O) groups excluding carboxylic acids is 2. The largest absolute Gasteiger partial charge is 0.452 e. The lowest BCUT2D eigenvalue weighted by molar-refractivity contribution is -0.135. The average molecular weight is 479 g/mol.